The Morgan fingerprint density at radius 2 is 2.07 bits per heavy atom. The zero-order chi connectivity index (χ0) is 19.0. The molecule has 4 rings (SSSR count). The van der Waals surface area contributed by atoms with Crippen molar-refractivity contribution in [3.63, 3.8) is 0 Å². The molecule has 3 heterocycles. The summed E-state index contributed by atoms with van der Waals surface area (Å²) in [4.78, 5) is 29.4. The second-order valence-corrected chi connectivity index (χ2v) is 9.35. The average molecular weight is 390 g/mol. The number of hydrogen-bond acceptors (Lipinski definition) is 4. The highest BCUT2D eigenvalue weighted by Gasteiger charge is 2.29. The molecule has 2 aliphatic rings. The van der Waals surface area contributed by atoms with Crippen LogP contribution in [-0.2, 0) is 27.6 Å². The number of H-pyrrole nitrogens is 1. The summed E-state index contributed by atoms with van der Waals surface area (Å²) in [5.74, 6) is -0.291. The number of nitrogens with one attached hydrogen (secondary N) is 3. The molecule has 3 amide bonds. The van der Waals surface area contributed by atoms with Gasteiger partial charge in [0.1, 0.15) is 0 Å². The number of amides is 3. The molecule has 8 nitrogen and oxygen atoms in total. The summed E-state index contributed by atoms with van der Waals surface area (Å²) in [5, 5.41) is 6.48. The van der Waals surface area contributed by atoms with Crippen molar-refractivity contribution in [1.82, 2.24) is 20.5 Å². The molecule has 0 aliphatic carbocycles. The Morgan fingerprint density at radius 3 is 2.85 bits per heavy atom. The largest absolute Gasteiger partial charge is 0.357 e. The van der Waals surface area contributed by atoms with E-state index < -0.39 is 9.84 Å². The summed E-state index contributed by atoms with van der Waals surface area (Å²) in [6.07, 6.45) is 1.19. The second-order valence-electron chi connectivity index (χ2n) is 7.13. The van der Waals surface area contributed by atoms with Crippen LogP contribution < -0.4 is 10.6 Å². The molecule has 0 saturated carbocycles. The Hall–Kier alpha value is -2.55. The highest BCUT2D eigenvalue weighted by Crippen LogP contribution is 2.27. The van der Waals surface area contributed by atoms with Crippen LogP contribution >= 0.6 is 0 Å². The number of rotatable bonds is 3. The first-order valence-electron chi connectivity index (χ1n) is 9.02. The lowest BCUT2D eigenvalue weighted by molar-refractivity contribution is -0.120. The molecule has 1 aromatic carbocycles. The lowest BCUT2D eigenvalue weighted by Crippen LogP contribution is -2.47. The Labute approximate surface area is 157 Å². The van der Waals surface area contributed by atoms with E-state index in [1.165, 1.54) is 10.9 Å². The maximum absolute atomic E-state index is 12.4. The molecule has 1 fully saturated rings. The predicted molar refractivity (Wildman–Crippen MR) is 101 cm³/mol. The topological polar surface area (TPSA) is 111 Å². The summed E-state index contributed by atoms with van der Waals surface area (Å²) in [7, 11) is -3.04. The van der Waals surface area contributed by atoms with Crippen LogP contribution in [0.3, 0.4) is 0 Å². The number of nitrogens with zero attached hydrogens (tertiary/aromatic N) is 1. The highest BCUT2D eigenvalue weighted by atomic mass is 32.2. The van der Waals surface area contributed by atoms with E-state index in [9.17, 15) is 18.0 Å². The van der Waals surface area contributed by atoms with Crippen LogP contribution in [0.15, 0.2) is 24.3 Å². The zero-order valence-corrected chi connectivity index (χ0v) is 15.6. The minimum absolute atomic E-state index is 0.0258. The molecule has 1 atom stereocenters. The van der Waals surface area contributed by atoms with Gasteiger partial charge in [-0.1, -0.05) is 18.2 Å². The zero-order valence-electron chi connectivity index (χ0n) is 14.8. The van der Waals surface area contributed by atoms with Gasteiger partial charge >= 0.3 is 6.03 Å². The second kappa shape index (κ2) is 6.88. The number of para-hydroxylation sites is 1. The van der Waals surface area contributed by atoms with E-state index in [0.717, 1.165) is 17.6 Å². The maximum Gasteiger partial charge on any atom is 0.318 e. The van der Waals surface area contributed by atoms with Gasteiger partial charge in [-0.25, -0.2) is 13.2 Å². The maximum atomic E-state index is 12.4. The fourth-order valence-electron chi connectivity index (χ4n) is 3.82. The fraction of sp³-hybridized carbons (Fsp3) is 0.444. The predicted octanol–water partition coefficient (Wildman–Crippen LogP) is 0.539. The van der Waals surface area contributed by atoms with Gasteiger partial charge in [0.05, 0.1) is 24.6 Å². The summed E-state index contributed by atoms with van der Waals surface area (Å²) < 4.78 is 22.9. The number of fused-ring (bicyclic) bond motifs is 3. The molecule has 3 N–H and O–H groups in total. The number of aromatic nitrogens is 1. The van der Waals surface area contributed by atoms with Crippen molar-refractivity contribution in [2.45, 2.75) is 25.4 Å². The Balaban J connectivity index is 1.31. The number of urea groups is 1. The molecule has 27 heavy (non-hydrogen) atoms. The average Bonchev–Trinajstić information content (AvgIpc) is 3.18. The summed E-state index contributed by atoms with van der Waals surface area (Å²) in [6.45, 7) is 0.896. The molecule has 0 radical (unpaired) electrons. The standard InChI is InChI=1S/C18H22N4O4S/c23-17(20-12-6-8-27(25,26)11-12)9-19-18(24)22-7-5-14-13-3-1-2-4-15(13)21-16(14)10-22/h1-4,12,21H,5-11H2,(H,19,24)(H,20,23)/t12-/m0/s1. The van der Waals surface area contributed by atoms with Crippen LogP contribution in [0.25, 0.3) is 10.9 Å². The third-order valence-corrected chi connectivity index (χ3v) is 6.94. The minimum Gasteiger partial charge on any atom is -0.357 e. The number of carbonyl (C=O) groups is 2. The van der Waals surface area contributed by atoms with Gasteiger partial charge in [0.25, 0.3) is 0 Å². The van der Waals surface area contributed by atoms with Gasteiger partial charge in [-0.3, -0.25) is 4.79 Å². The first-order chi connectivity index (χ1) is 12.9. The van der Waals surface area contributed by atoms with E-state index in [0.29, 0.717) is 19.5 Å². The van der Waals surface area contributed by atoms with Crippen LogP contribution in [0.5, 0.6) is 0 Å². The van der Waals surface area contributed by atoms with Crippen molar-refractivity contribution in [1.29, 1.82) is 0 Å². The van der Waals surface area contributed by atoms with Crippen molar-refractivity contribution in [3.8, 4) is 0 Å². The van der Waals surface area contributed by atoms with Gasteiger partial charge in [0.15, 0.2) is 9.84 Å². The number of carbonyl (C=O) groups excluding carboxylic acids is 2. The molecule has 0 spiro atoms. The summed E-state index contributed by atoms with van der Waals surface area (Å²) >= 11 is 0. The smallest absolute Gasteiger partial charge is 0.318 e. The van der Waals surface area contributed by atoms with Crippen LogP contribution in [0.2, 0.25) is 0 Å². The van der Waals surface area contributed by atoms with Gasteiger partial charge in [0, 0.05) is 29.2 Å². The van der Waals surface area contributed by atoms with Crippen molar-refractivity contribution < 1.29 is 18.0 Å². The van der Waals surface area contributed by atoms with E-state index in [4.69, 9.17) is 0 Å². The van der Waals surface area contributed by atoms with Gasteiger partial charge in [0.2, 0.25) is 5.91 Å². The van der Waals surface area contributed by atoms with Gasteiger partial charge in [-0.05, 0) is 24.5 Å². The highest BCUT2D eigenvalue weighted by molar-refractivity contribution is 7.91. The Bertz CT molecular complexity index is 998. The quantitative estimate of drug-likeness (QED) is 0.710. The molecule has 2 aliphatic heterocycles. The lowest BCUT2D eigenvalue weighted by Gasteiger charge is -2.27. The molecule has 144 valence electrons. The normalized spacial score (nSPS) is 21.0. The van der Waals surface area contributed by atoms with Gasteiger partial charge in [-0.15, -0.1) is 0 Å². The molecule has 0 bridgehead atoms. The molecule has 9 heteroatoms. The molecular formula is C18H22N4O4S. The van der Waals surface area contributed by atoms with E-state index in [-0.39, 0.29) is 36.0 Å². The van der Waals surface area contributed by atoms with Crippen LogP contribution in [0, 0.1) is 0 Å². The van der Waals surface area contributed by atoms with Crippen molar-refractivity contribution in [2.75, 3.05) is 24.6 Å². The van der Waals surface area contributed by atoms with Gasteiger partial charge < -0.3 is 20.5 Å². The summed E-state index contributed by atoms with van der Waals surface area (Å²) in [5.41, 5.74) is 3.34. The van der Waals surface area contributed by atoms with E-state index >= 15 is 0 Å². The third-order valence-electron chi connectivity index (χ3n) is 5.17. The number of sulfone groups is 1. The van der Waals surface area contributed by atoms with E-state index in [1.54, 1.807) is 4.90 Å². The SMILES string of the molecule is O=C(CNC(=O)N1CCc2c([nH]c3ccccc23)C1)N[C@H]1CCS(=O)(=O)C1. The van der Waals surface area contributed by atoms with Crippen LogP contribution in [0.1, 0.15) is 17.7 Å². The molecule has 1 aromatic heterocycles. The molecule has 1 saturated heterocycles. The van der Waals surface area contributed by atoms with Crippen molar-refractivity contribution in [2.24, 2.45) is 0 Å². The van der Waals surface area contributed by atoms with Crippen molar-refractivity contribution >= 4 is 32.7 Å². The van der Waals surface area contributed by atoms with E-state index in [1.807, 2.05) is 18.2 Å². The first kappa shape index (κ1) is 17.8. The number of aromatic amines is 1. The van der Waals surface area contributed by atoms with Gasteiger partial charge in [-0.2, -0.15) is 0 Å². The molecular weight excluding hydrogens is 368 g/mol. The third kappa shape index (κ3) is 3.78. The fourth-order valence-corrected chi connectivity index (χ4v) is 5.49. The summed E-state index contributed by atoms with van der Waals surface area (Å²) in [6, 6.07) is 7.42. The number of hydrogen-bond donors (Lipinski definition) is 3. The Morgan fingerprint density at radius 1 is 1.26 bits per heavy atom. The van der Waals surface area contributed by atoms with Crippen LogP contribution in [0.4, 0.5) is 4.79 Å². The Kier molecular flexibility index (Phi) is 4.55. The molecule has 0 unspecified atom stereocenters. The van der Waals surface area contributed by atoms with E-state index in [2.05, 4.69) is 21.7 Å². The minimum atomic E-state index is -3.04. The lowest BCUT2D eigenvalue weighted by atomic mass is 10.0. The first-order valence-corrected chi connectivity index (χ1v) is 10.8. The van der Waals surface area contributed by atoms with Crippen molar-refractivity contribution in [3.05, 3.63) is 35.5 Å². The van der Waals surface area contributed by atoms with Crippen LogP contribution in [-0.4, -0.2) is 60.9 Å². The monoisotopic (exact) mass is 390 g/mol. The number of benzene rings is 1. The molecule has 2 aromatic rings.